The molecule has 3 aromatic heterocycles. The molecule has 0 aliphatic carbocycles. The SMILES string of the molecule is Cn1cc(NC(=O)c2cc(NC(=O)c3cc(NC(=O)c4ccc(S(=O)CCCl)cc4)cn3C)cn2C)cc1C(=O)NCCC#N. The maximum absolute atomic E-state index is 13.1. The molecule has 4 amide bonds. The number of nitrogens with zero attached hydrogens (tertiary/aromatic N) is 4. The fraction of sp³-hybridized carbons (Fsp3) is 0.233. The standard InChI is InChI=1S/C30H31ClN8O5S/c1-37-17-21(13-24(37)28(41)33-11-4-10-32)35-30(43)26-15-22(18-39(26)3)36-29(42)25-14-20(16-38(25)2)34-27(40)19-5-7-23(8-6-19)45(44)12-9-31/h5-8,13-18H,4,9,11-12H2,1-3H3,(H,33,41)(H,34,40)(H,35,43)(H,36,42). The zero-order valence-electron chi connectivity index (χ0n) is 24.7. The van der Waals surface area contributed by atoms with Crippen LogP contribution in [0.3, 0.4) is 0 Å². The molecule has 1 unspecified atom stereocenters. The molecule has 3 heterocycles. The molecule has 0 spiro atoms. The molecule has 0 radical (unpaired) electrons. The number of alkyl halides is 1. The number of aromatic nitrogens is 3. The normalized spacial score (nSPS) is 11.4. The Hall–Kier alpha value is -5.13. The molecule has 0 saturated heterocycles. The maximum atomic E-state index is 13.1. The highest BCUT2D eigenvalue weighted by Crippen LogP contribution is 2.20. The average Bonchev–Trinajstić information content (AvgIpc) is 3.68. The Labute approximate surface area is 266 Å². The van der Waals surface area contributed by atoms with E-state index >= 15 is 0 Å². The van der Waals surface area contributed by atoms with Crippen LogP contribution in [0.5, 0.6) is 0 Å². The van der Waals surface area contributed by atoms with E-state index in [0.29, 0.717) is 39.0 Å². The second-order valence-electron chi connectivity index (χ2n) is 9.96. The molecular weight excluding hydrogens is 620 g/mol. The number of carbonyl (C=O) groups excluding carboxylic acids is 4. The van der Waals surface area contributed by atoms with Crippen molar-refractivity contribution in [3.63, 3.8) is 0 Å². The van der Waals surface area contributed by atoms with Crippen LogP contribution in [0.15, 0.2) is 66.0 Å². The van der Waals surface area contributed by atoms with Crippen LogP contribution in [0.2, 0.25) is 0 Å². The second kappa shape index (κ2) is 14.6. The lowest BCUT2D eigenvalue weighted by Crippen LogP contribution is -2.25. The lowest BCUT2D eigenvalue weighted by atomic mass is 10.2. The monoisotopic (exact) mass is 650 g/mol. The van der Waals surface area contributed by atoms with Gasteiger partial charge in [-0.2, -0.15) is 5.26 Å². The van der Waals surface area contributed by atoms with Crippen LogP contribution in [-0.4, -0.2) is 59.7 Å². The Morgan fingerprint density at radius 1 is 0.756 bits per heavy atom. The minimum Gasteiger partial charge on any atom is -0.350 e. The number of hydrogen-bond acceptors (Lipinski definition) is 6. The second-order valence-corrected chi connectivity index (χ2v) is 11.9. The molecule has 1 atom stereocenters. The number of aryl methyl sites for hydroxylation is 3. The van der Waals surface area contributed by atoms with Gasteiger partial charge in [0.2, 0.25) is 0 Å². The molecule has 45 heavy (non-hydrogen) atoms. The maximum Gasteiger partial charge on any atom is 0.272 e. The Balaban J connectivity index is 1.38. The van der Waals surface area contributed by atoms with E-state index in [4.69, 9.17) is 16.9 Å². The van der Waals surface area contributed by atoms with Gasteiger partial charge >= 0.3 is 0 Å². The number of amides is 4. The molecule has 0 saturated carbocycles. The highest BCUT2D eigenvalue weighted by molar-refractivity contribution is 7.85. The summed E-state index contributed by atoms with van der Waals surface area (Å²) >= 11 is 5.65. The summed E-state index contributed by atoms with van der Waals surface area (Å²) in [6, 6.07) is 12.9. The van der Waals surface area contributed by atoms with E-state index in [1.807, 2.05) is 6.07 Å². The van der Waals surface area contributed by atoms with Crippen LogP contribution in [0.25, 0.3) is 0 Å². The van der Waals surface area contributed by atoms with Crippen LogP contribution in [0.4, 0.5) is 17.1 Å². The first kappa shape index (κ1) is 32.8. The van der Waals surface area contributed by atoms with E-state index in [1.54, 1.807) is 77.7 Å². The van der Waals surface area contributed by atoms with Gasteiger partial charge in [-0.3, -0.25) is 23.4 Å². The van der Waals surface area contributed by atoms with Crippen molar-refractivity contribution < 1.29 is 23.4 Å². The largest absolute Gasteiger partial charge is 0.350 e. The molecule has 234 valence electrons. The first-order valence-electron chi connectivity index (χ1n) is 13.6. The third-order valence-corrected chi connectivity index (χ3v) is 8.44. The van der Waals surface area contributed by atoms with Crippen molar-refractivity contribution in [1.29, 1.82) is 5.26 Å². The lowest BCUT2D eigenvalue weighted by Gasteiger charge is -2.04. The van der Waals surface area contributed by atoms with E-state index in [0.717, 1.165) is 0 Å². The summed E-state index contributed by atoms with van der Waals surface area (Å²) in [5.74, 6) is -1.10. The highest BCUT2D eigenvalue weighted by atomic mass is 35.5. The number of anilines is 3. The fourth-order valence-electron chi connectivity index (χ4n) is 4.44. The van der Waals surface area contributed by atoms with E-state index in [2.05, 4.69) is 21.3 Å². The van der Waals surface area contributed by atoms with Gasteiger partial charge in [0.15, 0.2) is 0 Å². The zero-order valence-corrected chi connectivity index (χ0v) is 26.3. The van der Waals surface area contributed by atoms with Gasteiger partial charge in [0.25, 0.3) is 23.6 Å². The molecule has 4 aromatic rings. The smallest absolute Gasteiger partial charge is 0.272 e. The number of halogens is 1. The van der Waals surface area contributed by atoms with Crippen LogP contribution < -0.4 is 21.3 Å². The average molecular weight is 651 g/mol. The topological polar surface area (TPSA) is 172 Å². The van der Waals surface area contributed by atoms with Crippen LogP contribution in [0, 0.1) is 11.3 Å². The molecule has 0 fully saturated rings. The van der Waals surface area contributed by atoms with Crippen molar-refractivity contribution in [1.82, 2.24) is 19.0 Å². The van der Waals surface area contributed by atoms with Crippen molar-refractivity contribution in [2.45, 2.75) is 11.3 Å². The third kappa shape index (κ3) is 8.08. The summed E-state index contributed by atoms with van der Waals surface area (Å²) in [6.45, 7) is 0.216. The predicted octanol–water partition coefficient (Wildman–Crippen LogP) is 3.45. The van der Waals surface area contributed by atoms with Crippen molar-refractivity contribution in [2.75, 3.05) is 34.1 Å². The number of nitrogens with one attached hydrogen (secondary N) is 4. The minimum atomic E-state index is -1.24. The summed E-state index contributed by atoms with van der Waals surface area (Å²) in [6.07, 6.45) is 4.96. The van der Waals surface area contributed by atoms with Crippen molar-refractivity contribution in [3.8, 4) is 6.07 Å². The van der Waals surface area contributed by atoms with Crippen LogP contribution in [0.1, 0.15) is 48.2 Å². The van der Waals surface area contributed by atoms with Crippen LogP contribution in [-0.2, 0) is 31.9 Å². The third-order valence-electron chi connectivity index (χ3n) is 6.65. The van der Waals surface area contributed by atoms with Gasteiger partial charge in [0, 0.05) is 68.4 Å². The van der Waals surface area contributed by atoms with Gasteiger partial charge in [-0.25, -0.2) is 0 Å². The number of benzene rings is 1. The van der Waals surface area contributed by atoms with Crippen molar-refractivity contribution in [2.24, 2.45) is 21.1 Å². The van der Waals surface area contributed by atoms with Gasteiger partial charge in [-0.15, -0.1) is 11.6 Å². The minimum absolute atomic E-state index is 0.185. The quantitative estimate of drug-likeness (QED) is 0.135. The number of nitriles is 1. The Morgan fingerprint density at radius 2 is 1.20 bits per heavy atom. The molecular formula is C30H31ClN8O5S. The fourth-order valence-corrected chi connectivity index (χ4v) is 5.67. The lowest BCUT2D eigenvalue weighted by molar-refractivity contribution is 0.0944. The molecule has 1 aromatic carbocycles. The summed E-state index contributed by atoms with van der Waals surface area (Å²) in [7, 11) is 3.74. The molecule has 4 N–H and O–H groups in total. The van der Waals surface area contributed by atoms with E-state index in [-0.39, 0.29) is 36.1 Å². The van der Waals surface area contributed by atoms with Crippen molar-refractivity contribution >= 4 is 63.1 Å². The van der Waals surface area contributed by atoms with E-state index < -0.39 is 28.5 Å². The summed E-state index contributed by atoms with van der Waals surface area (Å²) in [4.78, 5) is 51.8. The summed E-state index contributed by atoms with van der Waals surface area (Å²) in [5, 5.41) is 19.6. The van der Waals surface area contributed by atoms with E-state index in [1.165, 1.54) is 18.2 Å². The summed E-state index contributed by atoms with van der Waals surface area (Å²) < 4.78 is 16.8. The Bertz CT molecular complexity index is 1820. The van der Waals surface area contributed by atoms with Crippen molar-refractivity contribution in [3.05, 3.63) is 83.7 Å². The molecule has 0 aliphatic heterocycles. The Kier molecular flexibility index (Phi) is 10.6. The number of rotatable bonds is 12. The first-order valence-corrected chi connectivity index (χ1v) is 15.5. The first-order chi connectivity index (χ1) is 21.5. The Morgan fingerprint density at radius 3 is 1.64 bits per heavy atom. The summed E-state index contributed by atoms with van der Waals surface area (Å²) in [5.41, 5.74) is 2.36. The number of carbonyl (C=O) groups is 4. The zero-order chi connectivity index (χ0) is 32.7. The highest BCUT2D eigenvalue weighted by Gasteiger charge is 2.19. The predicted molar refractivity (Wildman–Crippen MR) is 171 cm³/mol. The molecule has 4 rings (SSSR count). The molecule has 0 aliphatic rings. The van der Waals surface area contributed by atoms with Crippen LogP contribution >= 0.6 is 11.6 Å². The molecule has 15 heteroatoms. The molecule has 0 bridgehead atoms. The van der Waals surface area contributed by atoms with Gasteiger partial charge < -0.3 is 35.0 Å². The van der Waals surface area contributed by atoms with Gasteiger partial charge in [0.05, 0.1) is 40.4 Å². The van der Waals surface area contributed by atoms with E-state index in [9.17, 15) is 23.4 Å². The van der Waals surface area contributed by atoms with Gasteiger partial charge in [-0.05, 0) is 42.5 Å². The van der Waals surface area contributed by atoms with Gasteiger partial charge in [0.1, 0.15) is 17.1 Å². The molecule has 13 nitrogen and oxygen atoms in total. The number of hydrogen-bond donors (Lipinski definition) is 4. The van der Waals surface area contributed by atoms with Gasteiger partial charge in [-0.1, -0.05) is 0 Å².